The molecule has 1 aromatic rings. The molecule has 0 saturated carbocycles. The molecule has 2 rings (SSSR count). The number of methoxy groups -OCH3 is 1. The maximum absolute atomic E-state index is 11.8. The number of anilines is 1. The molecule has 5 heteroatoms. The van der Waals surface area contributed by atoms with Crippen LogP contribution in [0.15, 0.2) is 18.2 Å². The van der Waals surface area contributed by atoms with Crippen LogP contribution in [0.4, 0.5) is 5.69 Å². The van der Waals surface area contributed by atoms with Crippen molar-refractivity contribution in [1.29, 1.82) is 0 Å². The SMILES string of the molecule is COCCCNC(=O)CCN1CCN(c2cccc(C)c2C)CC1. The number of amides is 1. The van der Waals surface area contributed by atoms with E-state index in [1.165, 1.54) is 16.8 Å². The number of ether oxygens (including phenoxy) is 1. The molecule has 0 aliphatic carbocycles. The molecule has 0 spiro atoms. The van der Waals surface area contributed by atoms with Crippen molar-refractivity contribution in [3.63, 3.8) is 0 Å². The lowest BCUT2D eigenvalue weighted by molar-refractivity contribution is -0.121. The smallest absolute Gasteiger partial charge is 0.221 e. The number of hydrogen-bond donors (Lipinski definition) is 1. The summed E-state index contributed by atoms with van der Waals surface area (Å²) in [5.74, 6) is 0.142. The van der Waals surface area contributed by atoms with Crippen molar-refractivity contribution in [3.05, 3.63) is 29.3 Å². The summed E-state index contributed by atoms with van der Waals surface area (Å²) in [6.45, 7) is 10.7. The Morgan fingerprint density at radius 1 is 1.21 bits per heavy atom. The van der Waals surface area contributed by atoms with Gasteiger partial charge in [-0.2, -0.15) is 0 Å². The van der Waals surface area contributed by atoms with E-state index in [2.05, 4.69) is 47.2 Å². The van der Waals surface area contributed by atoms with Gasteiger partial charge in [0.05, 0.1) is 0 Å². The second-order valence-electron chi connectivity index (χ2n) is 6.49. The van der Waals surface area contributed by atoms with Crippen LogP contribution in [-0.2, 0) is 9.53 Å². The Balaban J connectivity index is 1.69. The molecule has 1 saturated heterocycles. The first-order valence-electron chi connectivity index (χ1n) is 8.91. The zero-order valence-corrected chi connectivity index (χ0v) is 15.3. The minimum atomic E-state index is 0.142. The van der Waals surface area contributed by atoms with Crippen LogP contribution in [0, 0.1) is 13.8 Å². The van der Waals surface area contributed by atoms with E-state index in [-0.39, 0.29) is 5.91 Å². The van der Waals surface area contributed by atoms with Crippen molar-refractivity contribution in [1.82, 2.24) is 10.2 Å². The number of nitrogens with zero attached hydrogens (tertiary/aromatic N) is 2. The number of carbonyl (C=O) groups excluding carboxylic acids is 1. The standard InChI is InChI=1S/C19H31N3O2/c1-16-6-4-7-18(17(16)2)22-13-11-21(12-14-22)10-8-19(23)20-9-5-15-24-3/h4,6-7H,5,8-15H2,1-3H3,(H,20,23). The Labute approximate surface area is 146 Å². The molecule has 1 aliphatic heterocycles. The highest BCUT2D eigenvalue weighted by Crippen LogP contribution is 2.23. The van der Waals surface area contributed by atoms with Gasteiger partial charge in [0.15, 0.2) is 0 Å². The van der Waals surface area contributed by atoms with Gasteiger partial charge >= 0.3 is 0 Å². The van der Waals surface area contributed by atoms with Gasteiger partial charge in [0.25, 0.3) is 0 Å². The maximum atomic E-state index is 11.8. The molecule has 5 nitrogen and oxygen atoms in total. The fourth-order valence-corrected chi connectivity index (χ4v) is 3.08. The number of benzene rings is 1. The van der Waals surface area contributed by atoms with Crippen molar-refractivity contribution in [2.75, 3.05) is 57.9 Å². The summed E-state index contributed by atoms with van der Waals surface area (Å²) in [4.78, 5) is 16.7. The first kappa shape index (κ1) is 18.7. The van der Waals surface area contributed by atoms with Gasteiger partial charge in [0, 0.05) is 65.1 Å². The van der Waals surface area contributed by atoms with Crippen LogP contribution in [0.1, 0.15) is 24.0 Å². The average molecular weight is 333 g/mol. The van der Waals surface area contributed by atoms with Crippen LogP contribution in [0.2, 0.25) is 0 Å². The molecule has 134 valence electrons. The summed E-state index contributed by atoms with van der Waals surface area (Å²) < 4.78 is 4.98. The van der Waals surface area contributed by atoms with Gasteiger partial charge in [-0.15, -0.1) is 0 Å². The summed E-state index contributed by atoms with van der Waals surface area (Å²) >= 11 is 0. The second-order valence-corrected chi connectivity index (χ2v) is 6.49. The lowest BCUT2D eigenvalue weighted by Crippen LogP contribution is -2.47. The highest BCUT2D eigenvalue weighted by Gasteiger charge is 2.19. The number of carbonyl (C=O) groups is 1. The molecule has 1 N–H and O–H groups in total. The summed E-state index contributed by atoms with van der Waals surface area (Å²) in [7, 11) is 1.68. The minimum Gasteiger partial charge on any atom is -0.385 e. The molecule has 1 amide bonds. The van der Waals surface area contributed by atoms with Gasteiger partial charge in [-0.1, -0.05) is 12.1 Å². The monoisotopic (exact) mass is 333 g/mol. The molecule has 0 radical (unpaired) electrons. The number of piperazine rings is 1. The number of rotatable bonds is 8. The summed E-state index contributed by atoms with van der Waals surface area (Å²) in [6.07, 6.45) is 1.45. The first-order valence-corrected chi connectivity index (χ1v) is 8.91. The molecule has 1 aromatic carbocycles. The van der Waals surface area contributed by atoms with Crippen molar-refractivity contribution in [2.24, 2.45) is 0 Å². The highest BCUT2D eigenvalue weighted by molar-refractivity contribution is 5.76. The molecule has 0 unspecified atom stereocenters. The summed E-state index contributed by atoms with van der Waals surface area (Å²) in [6, 6.07) is 6.52. The Hall–Kier alpha value is -1.59. The molecule has 24 heavy (non-hydrogen) atoms. The Morgan fingerprint density at radius 3 is 2.67 bits per heavy atom. The third-order valence-corrected chi connectivity index (χ3v) is 4.79. The molecular formula is C19H31N3O2. The van der Waals surface area contributed by atoms with Gasteiger partial charge in [0.2, 0.25) is 5.91 Å². The van der Waals surface area contributed by atoms with E-state index >= 15 is 0 Å². The van der Waals surface area contributed by atoms with E-state index in [1.54, 1.807) is 7.11 Å². The van der Waals surface area contributed by atoms with Crippen LogP contribution >= 0.6 is 0 Å². The van der Waals surface area contributed by atoms with Crippen LogP contribution in [0.25, 0.3) is 0 Å². The van der Waals surface area contributed by atoms with Crippen LogP contribution in [0.5, 0.6) is 0 Å². The molecule has 1 heterocycles. The fourth-order valence-electron chi connectivity index (χ4n) is 3.08. The van der Waals surface area contributed by atoms with E-state index in [0.717, 1.165) is 39.1 Å². The zero-order valence-electron chi connectivity index (χ0n) is 15.3. The van der Waals surface area contributed by atoms with Crippen molar-refractivity contribution in [2.45, 2.75) is 26.7 Å². The van der Waals surface area contributed by atoms with Crippen molar-refractivity contribution < 1.29 is 9.53 Å². The maximum Gasteiger partial charge on any atom is 0.221 e. The second kappa shape index (κ2) is 9.64. The predicted molar refractivity (Wildman–Crippen MR) is 98.7 cm³/mol. The normalized spacial score (nSPS) is 15.5. The average Bonchev–Trinajstić information content (AvgIpc) is 2.60. The third-order valence-electron chi connectivity index (χ3n) is 4.79. The number of aryl methyl sites for hydroxylation is 1. The largest absolute Gasteiger partial charge is 0.385 e. The molecule has 1 fully saturated rings. The van der Waals surface area contributed by atoms with Gasteiger partial charge in [-0.25, -0.2) is 0 Å². The summed E-state index contributed by atoms with van der Waals surface area (Å²) in [5, 5.41) is 2.95. The van der Waals surface area contributed by atoms with E-state index in [1.807, 2.05) is 0 Å². The first-order chi connectivity index (χ1) is 11.6. The number of hydrogen-bond acceptors (Lipinski definition) is 4. The topological polar surface area (TPSA) is 44.8 Å². The molecule has 0 aromatic heterocycles. The van der Waals surface area contributed by atoms with Crippen molar-refractivity contribution >= 4 is 11.6 Å². The lowest BCUT2D eigenvalue weighted by Gasteiger charge is -2.37. The van der Waals surface area contributed by atoms with Crippen LogP contribution in [-0.4, -0.2) is 63.8 Å². The summed E-state index contributed by atoms with van der Waals surface area (Å²) in [5.41, 5.74) is 4.08. The minimum absolute atomic E-state index is 0.142. The molecular weight excluding hydrogens is 302 g/mol. The quantitative estimate of drug-likeness (QED) is 0.739. The fraction of sp³-hybridized carbons (Fsp3) is 0.632. The van der Waals surface area contributed by atoms with Crippen LogP contribution in [0.3, 0.4) is 0 Å². The molecule has 0 atom stereocenters. The Bertz CT molecular complexity index is 525. The van der Waals surface area contributed by atoms with Crippen LogP contribution < -0.4 is 10.2 Å². The van der Waals surface area contributed by atoms with Gasteiger partial charge in [-0.05, 0) is 37.5 Å². The highest BCUT2D eigenvalue weighted by atomic mass is 16.5. The van der Waals surface area contributed by atoms with E-state index in [4.69, 9.17) is 4.74 Å². The van der Waals surface area contributed by atoms with Gasteiger partial charge < -0.3 is 15.0 Å². The third kappa shape index (κ3) is 5.49. The van der Waals surface area contributed by atoms with Gasteiger partial charge in [0.1, 0.15) is 0 Å². The van der Waals surface area contributed by atoms with Crippen molar-refractivity contribution in [3.8, 4) is 0 Å². The lowest BCUT2D eigenvalue weighted by atomic mass is 10.1. The Kier molecular flexibility index (Phi) is 7.53. The number of nitrogens with one attached hydrogen (secondary N) is 1. The van der Waals surface area contributed by atoms with Gasteiger partial charge in [-0.3, -0.25) is 9.69 Å². The van der Waals surface area contributed by atoms with E-state index < -0.39 is 0 Å². The van der Waals surface area contributed by atoms with E-state index in [0.29, 0.717) is 19.6 Å². The molecule has 1 aliphatic rings. The molecule has 0 bridgehead atoms. The predicted octanol–water partition coefficient (Wildman–Crippen LogP) is 1.97. The van der Waals surface area contributed by atoms with E-state index in [9.17, 15) is 4.79 Å². The Morgan fingerprint density at radius 2 is 1.96 bits per heavy atom. The zero-order chi connectivity index (χ0) is 17.4.